The van der Waals surface area contributed by atoms with E-state index < -0.39 is 0 Å². The van der Waals surface area contributed by atoms with Gasteiger partial charge < -0.3 is 9.80 Å². The summed E-state index contributed by atoms with van der Waals surface area (Å²) in [4.78, 5) is 26.7. The van der Waals surface area contributed by atoms with Crippen molar-refractivity contribution in [1.82, 2.24) is 9.80 Å². The van der Waals surface area contributed by atoms with E-state index in [0.29, 0.717) is 19.6 Å². The number of rotatable bonds is 3. The lowest BCUT2D eigenvalue weighted by molar-refractivity contribution is -0.155. The summed E-state index contributed by atoms with van der Waals surface area (Å²) in [6, 6.07) is 0. The van der Waals surface area contributed by atoms with Crippen LogP contribution in [0.15, 0.2) is 0 Å². The second kappa shape index (κ2) is 4.88. The zero-order valence-corrected chi connectivity index (χ0v) is 11.2. The fourth-order valence-corrected chi connectivity index (χ4v) is 3.24. The van der Waals surface area contributed by atoms with Crippen molar-refractivity contribution < 1.29 is 9.59 Å². The maximum atomic E-state index is 11.9. The van der Waals surface area contributed by atoms with Crippen LogP contribution in [0.4, 0.5) is 0 Å². The molecule has 2 aliphatic rings. The van der Waals surface area contributed by atoms with E-state index in [2.05, 4.69) is 12.6 Å². The smallest absolute Gasteiger partial charge is 0.312 e. The van der Waals surface area contributed by atoms with Gasteiger partial charge in [0, 0.05) is 26.7 Å². The summed E-state index contributed by atoms with van der Waals surface area (Å²) < 4.78 is 0. The number of piperazine rings is 1. The van der Waals surface area contributed by atoms with Crippen molar-refractivity contribution in [3.63, 3.8) is 0 Å². The van der Waals surface area contributed by atoms with Crippen molar-refractivity contribution in [2.24, 2.45) is 5.41 Å². The summed E-state index contributed by atoms with van der Waals surface area (Å²) in [5.74, 6) is 0.0937. The van der Waals surface area contributed by atoms with Gasteiger partial charge in [0.2, 0.25) is 0 Å². The van der Waals surface area contributed by atoms with Gasteiger partial charge in [-0.05, 0) is 24.0 Å². The van der Waals surface area contributed by atoms with Gasteiger partial charge in [-0.25, -0.2) is 0 Å². The van der Waals surface area contributed by atoms with Crippen molar-refractivity contribution in [3.8, 4) is 0 Å². The molecule has 1 heterocycles. The SMILES string of the molecule is CN1CCN(CC2(CS)CCCC2)C(=O)C1=O. The Kier molecular flexibility index (Phi) is 3.66. The Bertz CT molecular complexity index is 326. The van der Waals surface area contributed by atoms with E-state index >= 15 is 0 Å². The zero-order chi connectivity index (χ0) is 12.5. The van der Waals surface area contributed by atoms with Crippen molar-refractivity contribution >= 4 is 24.4 Å². The van der Waals surface area contributed by atoms with E-state index in [4.69, 9.17) is 0 Å². The first kappa shape index (κ1) is 12.7. The minimum atomic E-state index is -0.372. The van der Waals surface area contributed by atoms with Gasteiger partial charge in [-0.3, -0.25) is 9.59 Å². The molecule has 5 heteroatoms. The molecule has 0 bridgehead atoms. The molecule has 2 amide bonds. The summed E-state index contributed by atoms with van der Waals surface area (Å²) in [7, 11) is 1.68. The number of hydrogen-bond acceptors (Lipinski definition) is 3. The molecule has 4 nitrogen and oxygen atoms in total. The van der Waals surface area contributed by atoms with E-state index in [1.165, 1.54) is 17.7 Å². The Morgan fingerprint density at radius 1 is 1.18 bits per heavy atom. The number of nitrogens with zero attached hydrogens (tertiary/aromatic N) is 2. The molecule has 0 aromatic rings. The summed E-state index contributed by atoms with van der Waals surface area (Å²) in [5, 5.41) is 0. The lowest BCUT2D eigenvalue weighted by Crippen LogP contribution is -2.55. The average molecular weight is 256 g/mol. The second-order valence-electron chi connectivity index (χ2n) is 5.32. The Hall–Kier alpha value is -0.710. The second-order valence-corrected chi connectivity index (χ2v) is 5.63. The van der Waals surface area contributed by atoms with Gasteiger partial charge in [0.15, 0.2) is 0 Å². The van der Waals surface area contributed by atoms with Crippen molar-refractivity contribution in [2.75, 3.05) is 32.4 Å². The normalized spacial score (nSPS) is 24.6. The van der Waals surface area contributed by atoms with Gasteiger partial charge in [-0.2, -0.15) is 12.6 Å². The Balaban J connectivity index is 2.03. The molecule has 1 aliphatic carbocycles. The standard InChI is InChI=1S/C12H20N2O2S/c1-13-6-7-14(11(16)10(13)15)8-12(9-17)4-2-3-5-12/h17H,2-9H2,1H3. The molecule has 1 saturated heterocycles. The van der Waals surface area contributed by atoms with Crippen LogP contribution in [0.25, 0.3) is 0 Å². The molecule has 1 aliphatic heterocycles. The predicted octanol–water partition coefficient (Wildman–Crippen LogP) is 0.777. The Morgan fingerprint density at radius 2 is 1.82 bits per heavy atom. The molecule has 0 aromatic heterocycles. The quantitative estimate of drug-likeness (QED) is 0.599. The molecule has 0 aromatic carbocycles. The highest BCUT2D eigenvalue weighted by molar-refractivity contribution is 7.80. The molecule has 17 heavy (non-hydrogen) atoms. The summed E-state index contributed by atoms with van der Waals surface area (Å²) in [6.45, 7) is 2.01. The van der Waals surface area contributed by atoms with E-state index in [1.54, 1.807) is 11.9 Å². The van der Waals surface area contributed by atoms with Gasteiger partial charge in [-0.15, -0.1) is 0 Å². The number of carbonyl (C=O) groups is 2. The summed E-state index contributed by atoms with van der Waals surface area (Å²) in [5.41, 5.74) is 0.148. The van der Waals surface area contributed by atoms with Crippen molar-refractivity contribution in [1.29, 1.82) is 0 Å². The molecular weight excluding hydrogens is 236 g/mol. The van der Waals surface area contributed by atoms with Crippen LogP contribution in [0.3, 0.4) is 0 Å². The first-order valence-electron chi connectivity index (χ1n) is 6.23. The summed E-state index contributed by atoms with van der Waals surface area (Å²) >= 11 is 4.44. The molecule has 96 valence electrons. The number of amides is 2. The third kappa shape index (κ3) is 2.44. The number of carbonyl (C=O) groups excluding carboxylic acids is 2. The van der Waals surface area contributed by atoms with Gasteiger partial charge in [-0.1, -0.05) is 12.8 Å². The zero-order valence-electron chi connectivity index (χ0n) is 10.3. The van der Waals surface area contributed by atoms with E-state index in [9.17, 15) is 9.59 Å². The molecule has 0 atom stereocenters. The molecule has 1 saturated carbocycles. The van der Waals surface area contributed by atoms with Gasteiger partial charge >= 0.3 is 11.8 Å². The fraction of sp³-hybridized carbons (Fsp3) is 0.833. The van der Waals surface area contributed by atoms with E-state index in [-0.39, 0.29) is 17.2 Å². The molecule has 0 radical (unpaired) electrons. The minimum absolute atomic E-state index is 0.148. The maximum Gasteiger partial charge on any atom is 0.312 e. The van der Waals surface area contributed by atoms with Crippen LogP contribution in [-0.4, -0.2) is 54.0 Å². The highest BCUT2D eigenvalue weighted by atomic mass is 32.1. The van der Waals surface area contributed by atoms with Crippen molar-refractivity contribution in [3.05, 3.63) is 0 Å². The van der Waals surface area contributed by atoms with Crippen LogP contribution in [0.1, 0.15) is 25.7 Å². The topological polar surface area (TPSA) is 40.6 Å². The predicted molar refractivity (Wildman–Crippen MR) is 69.0 cm³/mol. The molecular formula is C12H20N2O2S. The number of hydrogen-bond donors (Lipinski definition) is 1. The van der Waals surface area contributed by atoms with Crippen molar-refractivity contribution in [2.45, 2.75) is 25.7 Å². The average Bonchev–Trinajstić information content (AvgIpc) is 2.79. The van der Waals surface area contributed by atoms with E-state index in [0.717, 1.165) is 18.6 Å². The van der Waals surface area contributed by atoms with Crippen LogP contribution < -0.4 is 0 Å². The minimum Gasteiger partial charge on any atom is -0.336 e. The van der Waals surface area contributed by atoms with Gasteiger partial charge in [0.1, 0.15) is 0 Å². The maximum absolute atomic E-state index is 11.9. The molecule has 2 fully saturated rings. The lowest BCUT2D eigenvalue weighted by Gasteiger charge is -2.38. The third-order valence-corrected chi connectivity index (χ3v) is 4.72. The molecule has 2 rings (SSSR count). The molecule has 0 N–H and O–H groups in total. The van der Waals surface area contributed by atoms with Crippen LogP contribution >= 0.6 is 12.6 Å². The first-order valence-corrected chi connectivity index (χ1v) is 6.86. The Labute approximate surface area is 108 Å². The first-order chi connectivity index (χ1) is 8.08. The number of thiol groups is 1. The number of likely N-dealkylation sites (N-methyl/N-ethyl adjacent to an activating group) is 1. The molecule has 0 spiro atoms. The highest BCUT2D eigenvalue weighted by Crippen LogP contribution is 2.39. The fourth-order valence-electron chi connectivity index (χ4n) is 2.82. The third-order valence-electron chi connectivity index (χ3n) is 4.05. The van der Waals surface area contributed by atoms with Crippen LogP contribution in [0, 0.1) is 5.41 Å². The summed E-state index contributed by atoms with van der Waals surface area (Å²) in [6.07, 6.45) is 4.70. The van der Waals surface area contributed by atoms with Crippen LogP contribution in [-0.2, 0) is 9.59 Å². The monoisotopic (exact) mass is 256 g/mol. The van der Waals surface area contributed by atoms with Crippen LogP contribution in [0.2, 0.25) is 0 Å². The molecule has 0 unspecified atom stereocenters. The largest absolute Gasteiger partial charge is 0.336 e. The highest BCUT2D eigenvalue weighted by Gasteiger charge is 2.39. The van der Waals surface area contributed by atoms with Gasteiger partial charge in [0.05, 0.1) is 0 Å². The Morgan fingerprint density at radius 3 is 2.41 bits per heavy atom. The lowest BCUT2D eigenvalue weighted by atomic mass is 9.87. The van der Waals surface area contributed by atoms with Gasteiger partial charge in [0.25, 0.3) is 0 Å². The van der Waals surface area contributed by atoms with Crippen LogP contribution in [0.5, 0.6) is 0 Å². The van der Waals surface area contributed by atoms with E-state index in [1.807, 2.05) is 0 Å².